The molecule has 3 nitrogen and oxygen atoms in total. The standard InChI is InChI=1S/C19H17NO2/c1-22-19(21)12-11-16-14-20(13-15-7-3-2-4-8-15)18-10-6-5-9-17(16)18/h2-12,14H,13H2,1H3/b12-11+. The Kier molecular flexibility index (Phi) is 4.05. The van der Waals surface area contributed by atoms with Gasteiger partial charge in [-0.2, -0.15) is 0 Å². The second-order valence-electron chi connectivity index (χ2n) is 5.07. The van der Waals surface area contributed by atoms with E-state index < -0.39 is 0 Å². The summed E-state index contributed by atoms with van der Waals surface area (Å²) in [6, 6.07) is 18.5. The zero-order valence-corrected chi connectivity index (χ0v) is 12.4. The van der Waals surface area contributed by atoms with Crippen LogP contribution in [0.4, 0.5) is 0 Å². The number of carbonyl (C=O) groups excluding carboxylic acids is 1. The molecule has 0 radical (unpaired) electrons. The third-order valence-electron chi connectivity index (χ3n) is 3.62. The summed E-state index contributed by atoms with van der Waals surface area (Å²) < 4.78 is 6.85. The fourth-order valence-corrected chi connectivity index (χ4v) is 2.54. The monoisotopic (exact) mass is 291 g/mol. The minimum Gasteiger partial charge on any atom is -0.466 e. The zero-order chi connectivity index (χ0) is 15.4. The molecular formula is C19H17NO2. The summed E-state index contributed by atoms with van der Waals surface area (Å²) in [5, 5.41) is 1.12. The zero-order valence-electron chi connectivity index (χ0n) is 12.4. The molecule has 0 aliphatic heterocycles. The molecule has 0 bridgehead atoms. The molecule has 0 unspecified atom stereocenters. The van der Waals surface area contributed by atoms with E-state index in [4.69, 9.17) is 0 Å². The first-order chi connectivity index (χ1) is 10.8. The van der Waals surface area contributed by atoms with Gasteiger partial charge in [0.25, 0.3) is 0 Å². The molecule has 1 heterocycles. The molecule has 3 heteroatoms. The van der Waals surface area contributed by atoms with E-state index in [1.807, 2.05) is 30.3 Å². The molecule has 110 valence electrons. The van der Waals surface area contributed by atoms with Crippen LogP contribution in [0.3, 0.4) is 0 Å². The Hall–Kier alpha value is -2.81. The maximum Gasteiger partial charge on any atom is 0.330 e. The van der Waals surface area contributed by atoms with Crippen molar-refractivity contribution in [2.24, 2.45) is 0 Å². The van der Waals surface area contributed by atoms with Crippen molar-refractivity contribution >= 4 is 22.9 Å². The molecule has 0 saturated carbocycles. The van der Waals surface area contributed by atoms with Crippen molar-refractivity contribution < 1.29 is 9.53 Å². The van der Waals surface area contributed by atoms with Gasteiger partial charge in [-0.05, 0) is 17.7 Å². The van der Waals surface area contributed by atoms with Gasteiger partial charge in [0.05, 0.1) is 7.11 Å². The number of para-hydroxylation sites is 1. The number of ether oxygens (including phenoxy) is 1. The number of fused-ring (bicyclic) bond motifs is 1. The maximum atomic E-state index is 11.3. The van der Waals surface area contributed by atoms with Crippen LogP contribution in [0, 0.1) is 0 Å². The van der Waals surface area contributed by atoms with Gasteiger partial charge < -0.3 is 9.30 Å². The van der Waals surface area contributed by atoms with E-state index in [1.165, 1.54) is 18.7 Å². The highest BCUT2D eigenvalue weighted by atomic mass is 16.5. The first-order valence-electron chi connectivity index (χ1n) is 7.16. The van der Waals surface area contributed by atoms with E-state index in [9.17, 15) is 4.79 Å². The topological polar surface area (TPSA) is 31.2 Å². The number of nitrogens with zero attached hydrogens (tertiary/aromatic N) is 1. The van der Waals surface area contributed by atoms with Crippen molar-refractivity contribution in [1.29, 1.82) is 0 Å². The van der Waals surface area contributed by atoms with Crippen molar-refractivity contribution in [3.05, 3.63) is 78.0 Å². The smallest absolute Gasteiger partial charge is 0.330 e. The molecule has 22 heavy (non-hydrogen) atoms. The lowest BCUT2D eigenvalue weighted by Gasteiger charge is -2.05. The number of hydrogen-bond acceptors (Lipinski definition) is 2. The fraction of sp³-hybridized carbons (Fsp3) is 0.105. The number of rotatable bonds is 4. The lowest BCUT2D eigenvalue weighted by atomic mass is 10.1. The third-order valence-corrected chi connectivity index (χ3v) is 3.62. The van der Waals surface area contributed by atoms with E-state index in [1.54, 1.807) is 6.08 Å². The lowest BCUT2D eigenvalue weighted by Crippen LogP contribution is -1.97. The SMILES string of the molecule is COC(=O)/C=C/c1cn(Cc2ccccc2)c2ccccc12. The highest BCUT2D eigenvalue weighted by Gasteiger charge is 2.06. The van der Waals surface area contributed by atoms with Crippen LogP contribution in [0.2, 0.25) is 0 Å². The van der Waals surface area contributed by atoms with Gasteiger partial charge in [-0.15, -0.1) is 0 Å². The number of benzene rings is 2. The molecule has 0 fully saturated rings. The summed E-state index contributed by atoms with van der Waals surface area (Å²) in [4.78, 5) is 11.3. The number of carbonyl (C=O) groups is 1. The van der Waals surface area contributed by atoms with Crippen LogP contribution in [-0.2, 0) is 16.1 Å². The molecule has 0 aliphatic carbocycles. The van der Waals surface area contributed by atoms with Crippen LogP contribution in [0.15, 0.2) is 66.9 Å². The molecular weight excluding hydrogens is 274 g/mol. The summed E-state index contributed by atoms with van der Waals surface area (Å²) in [6.45, 7) is 0.799. The quantitative estimate of drug-likeness (QED) is 0.539. The Morgan fingerprint density at radius 3 is 2.59 bits per heavy atom. The van der Waals surface area contributed by atoms with Crippen LogP contribution < -0.4 is 0 Å². The van der Waals surface area contributed by atoms with Crippen LogP contribution in [0.1, 0.15) is 11.1 Å². The van der Waals surface area contributed by atoms with Gasteiger partial charge in [0.15, 0.2) is 0 Å². The van der Waals surface area contributed by atoms with E-state index in [2.05, 4.69) is 39.8 Å². The number of hydrogen-bond donors (Lipinski definition) is 0. The van der Waals surface area contributed by atoms with Gasteiger partial charge in [-0.3, -0.25) is 0 Å². The lowest BCUT2D eigenvalue weighted by molar-refractivity contribution is -0.134. The van der Waals surface area contributed by atoms with Crippen molar-refractivity contribution in [3.8, 4) is 0 Å². The summed E-state index contributed by atoms with van der Waals surface area (Å²) in [7, 11) is 1.38. The Bertz CT molecular complexity index is 816. The largest absolute Gasteiger partial charge is 0.466 e. The van der Waals surface area contributed by atoms with Crippen LogP contribution in [0.25, 0.3) is 17.0 Å². The molecule has 1 aromatic heterocycles. The van der Waals surface area contributed by atoms with Gasteiger partial charge in [-0.25, -0.2) is 4.79 Å². The van der Waals surface area contributed by atoms with Crippen LogP contribution >= 0.6 is 0 Å². The second kappa shape index (κ2) is 6.31. The molecule has 0 saturated heterocycles. The van der Waals surface area contributed by atoms with E-state index in [0.717, 1.165) is 23.0 Å². The normalized spacial score (nSPS) is 11.1. The van der Waals surface area contributed by atoms with Crippen molar-refractivity contribution in [2.75, 3.05) is 7.11 Å². The average Bonchev–Trinajstić information content (AvgIpc) is 2.92. The Labute approximate surface area is 129 Å². The first-order valence-corrected chi connectivity index (χ1v) is 7.16. The van der Waals surface area contributed by atoms with Gasteiger partial charge in [0.2, 0.25) is 0 Å². The van der Waals surface area contributed by atoms with Gasteiger partial charge in [-0.1, -0.05) is 48.5 Å². The number of methoxy groups -OCH3 is 1. The summed E-state index contributed by atoms with van der Waals surface area (Å²) in [6.07, 6.45) is 5.32. The third kappa shape index (κ3) is 2.93. The second-order valence-corrected chi connectivity index (χ2v) is 5.07. The molecule has 2 aromatic carbocycles. The average molecular weight is 291 g/mol. The van der Waals surface area contributed by atoms with E-state index in [-0.39, 0.29) is 5.97 Å². The molecule has 0 amide bonds. The summed E-state index contributed by atoms with van der Waals surface area (Å²) in [5.74, 6) is -0.347. The maximum absolute atomic E-state index is 11.3. The van der Waals surface area contributed by atoms with Crippen LogP contribution in [0.5, 0.6) is 0 Å². The predicted octanol–water partition coefficient (Wildman–Crippen LogP) is 3.88. The highest BCUT2D eigenvalue weighted by molar-refractivity contribution is 5.94. The van der Waals surface area contributed by atoms with Crippen molar-refractivity contribution in [1.82, 2.24) is 4.57 Å². The Balaban J connectivity index is 2.00. The number of esters is 1. The predicted molar refractivity (Wildman–Crippen MR) is 88.5 cm³/mol. The number of aromatic nitrogens is 1. The van der Waals surface area contributed by atoms with Gasteiger partial charge in [0, 0.05) is 35.3 Å². The molecule has 0 spiro atoms. The fourth-order valence-electron chi connectivity index (χ4n) is 2.54. The van der Waals surface area contributed by atoms with Crippen molar-refractivity contribution in [3.63, 3.8) is 0 Å². The van der Waals surface area contributed by atoms with Crippen LogP contribution in [-0.4, -0.2) is 17.6 Å². The van der Waals surface area contributed by atoms with E-state index in [0.29, 0.717) is 0 Å². The molecule has 3 rings (SSSR count). The summed E-state index contributed by atoms with van der Waals surface area (Å²) in [5.41, 5.74) is 3.40. The molecule has 0 aliphatic rings. The molecule has 3 aromatic rings. The highest BCUT2D eigenvalue weighted by Crippen LogP contribution is 2.23. The van der Waals surface area contributed by atoms with Crippen molar-refractivity contribution in [2.45, 2.75) is 6.54 Å². The molecule has 0 N–H and O–H groups in total. The first kappa shape index (κ1) is 14.1. The van der Waals surface area contributed by atoms with E-state index >= 15 is 0 Å². The van der Waals surface area contributed by atoms with Gasteiger partial charge >= 0.3 is 5.97 Å². The summed E-state index contributed by atoms with van der Waals surface area (Å²) >= 11 is 0. The minimum atomic E-state index is -0.347. The van der Waals surface area contributed by atoms with Gasteiger partial charge in [0.1, 0.15) is 0 Å². The molecule has 0 atom stereocenters. The Morgan fingerprint density at radius 1 is 1.09 bits per heavy atom. The Morgan fingerprint density at radius 2 is 1.82 bits per heavy atom. The minimum absolute atomic E-state index is 0.347.